The van der Waals surface area contributed by atoms with Gasteiger partial charge < -0.3 is 15.7 Å². The van der Waals surface area contributed by atoms with Gasteiger partial charge in [-0.3, -0.25) is 0 Å². The van der Waals surface area contributed by atoms with Crippen molar-refractivity contribution in [2.24, 2.45) is 10.9 Å². The summed E-state index contributed by atoms with van der Waals surface area (Å²) in [4.78, 5) is 4.67. The minimum atomic E-state index is 0. The Balaban J connectivity index is 0.00000264. The molecule has 0 bridgehead atoms. The third-order valence-corrected chi connectivity index (χ3v) is 4.40. The minimum Gasteiger partial charge on any atom is -0.508 e. The molecule has 1 aromatic rings. The van der Waals surface area contributed by atoms with E-state index in [-0.39, 0.29) is 24.0 Å². The van der Waals surface area contributed by atoms with Gasteiger partial charge in [-0.25, -0.2) is 4.99 Å². The normalized spacial score (nSPS) is 21.4. The van der Waals surface area contributed by atoms with Gasteiger partial charge in [0.25, 0.3) is 0 Å². The number of aromatic hydroxyl groups is 1. The van der Waals surface area contributed by atoms with Crippen molar-refractivity contribution >= 4 is 29.9 Å². The van der Waals surface area contributed by atoms with Gasteiger partial charge in [-0.1, -0.05) is 38.3 Å². The van der Waals surface area contributed by atoms with Crippen LogP contribution in [0.4, 0.5) is 0 Å². The number of nitrogens with zero attached hydrogens (tertiary/aromatic N) is 1. The van der Waals surface area contributed by atoms with Crippen LogP contribution in [0.3, 0.4) is 0 Å². The number of aliphatic imine (C=N–C) groups is 1. The third kappa shape index (κ3) is 6.97. The molecule has 5 heteroatoms. The van der Waals surface area contributed by atoms with Gasteiger partial charge in [0.15, 0.2) is 5.96 Å². The van der Waals surface area contributed by atoms with E-state index < -0.39 is 0 Å². The van der Waals surface area contributed by atoms with Crippen molar-refractivity contribution in [3.63, 3.8) is 0 Å². The molecule has 0 aromatic heterocycles. The van der Waals surface area contributed by atoms with Crippen molar-refractivity contribution in [2.75, 3.05) is 6.54 Å². The summed E-state index contributed by atoms with van der Waals surface area (Å²) in [5.74, 6) is 2.05. The second-order valence-electron chi connectivity index (χ2n) is 6.14. The number of hydrogen-bond donors (Lipinski definition) is 3. The molecule has 1 aliphatic carbocycles. The zero-order chi connectivity index (χ0) is 15.8. The zero-order valence-electron chi connectivity index (χ0n) is 14.2. The number of halogens is 1. The Hall–Kier alpha value is -0.980. The lowest BCUT2D eigenvalue weighted by Crippen LogP contribution is -2.45. The molecule has 1 aliphatic rings. The van der Waals surface area contributed by atoms with Crippen molar-refractivity contribution in [1.29, 1.82) is 0 Å². The molecule has 0 spiro atoms. The van der Waals surface area contributed by atoms with Crippen molar-refractivity contribution in [2.45, 2.75) is 58.5 Å². The highest BCUT2D eigenvalue weighted by molar-refractivity contribution is 14.0. The van der Waals surface area contributed by atoms with Crippen molar-refractivity contribution in [3.05, 3.63) is 29.8 Å². The summed E-state index contributed by atoms with van der Waals surface area (Å²) >= 11 is 0. The van der Waals surface area contributed by atoms with Crippen molar-refractivity contribution < 1.29 is 5.11 Å². The molecule has 0 amide bonds. The molecule has 130 valence electrons. The molecule has 1 aromatic carbocycles. The average molecular weight is 431 g/mol. The topological polar surface area (TPSA) is 56.7 Å². The smallest absolute Gasteiger partial charge is 0.191 e. The molecule has 3 N–H and O–H groups in total. The van der Waals surface area contributed by atoms with Crippen LogP contribution < -0.4 is 10.6 Å². The van der Waals surface area contributed by atoms with E-state index in [9.17, 15) is 5.11 Å². The van der Waals surface area contributed by atoms with E-state index >= 15 is 0 Å². The zero-order valence-corrected chi connectivity index (χ0v) is 16.5. The van der Waals surface area contributed by atoms with Crippen molar-refractivity contribution in [3.8, 4) is 5.75 Å². The molecule has 0 radical (unpaired) electrons. The number of guanidine groups is 1. The van der Waals surface area contributed by atoms with Gasteiger partial charge in [0.2, 0.25) is 0 Å². The van der Waals surface area contributed by atoms with Crippen LogP contribution in [-0.4, -0.2) is 23.7 Å². The van der Waals surface area contributed by atoms with Gasteiger partial charge in [-0.05, 0) is 43.4 Å². The maximum Gasteiger partial charge on any atom is 0.191 e. The Kier molecular flexibility index (Phi) is 9.36. The molecule has 0 heterocycles. The predicted octanol–water partition coefficient (Wildman–Crippen LogP) is 4.03. The summed E-state index contributed by atoms with van der Waals surface area (Å²) in [7, 11) is 0. The molecule has 1 fully saturated rings. The SMILES string of the molecule is CCNC(=NCc1ccc(O)cc1)NC1CCCC(CC)C1.I. The van der Waals surface area contributed by atoms with Gasteiger partial charge in [-0.15, -0.1) is 24.0 Å². The Labute approximate surface area is 157 Å². The Morgan fingerprint density at radius 3 is 2.61 bits per heavy atom. The lowest BCUT2D eigenvalue weighted by Gasteiger charge is -2.30. The Morgan fingerprint density at radius 2 is 1.96 bits per heavy atom. The lowest BCUT2D eigenvalue weighted by molar-refractivity contribution is 0.298. The lowest BCUT2D eigenvalue weighted by atomic mass is 9.84. The summed E-state index contributed by atoms with van der Waals surface area (Å²) in [5.41, 5.74) is 1.10. The monoisotopic (exact) mass is 431 g/mol. The third-order valence-electron chi connectivity index (χ3n) is 4.40. The second kappa shape index (κ2) is 10.7. The summed E-state index contributed by atoms with van der Waals surface area (Å²) < 4.78 is 0. The molecule has 1 saturated carbocycles. The highest BCUT2D eigenvalue weighted by Crippen LogP contribution is 2.26. The number of hydrogen-bond acceptors (Lipinski definition) is 2. The van der Waals surface area contributed by atoms with Gasteiger partial charge in [0.1, 0.15) is 5.75 Å². The van der Waals surface area contributed by atoms with Crippen LogP contribution in [0.2, 0.25) is 0 Å². The summed E-state index contributed by atoms with van der Waals surface area (Å²) in [6.45, 7) is 5.87. The van der Waals surface area contributed by atoms with Gasteiger partial charge in [0.05, 0.1) is 6.54 Å². The number of rotatable bonds is 5. The van der Waals surface area contributed by atoms with Gasteiger partial charge >= 0.3 is 0 Å². The number of nitrogens with one attached hydrogen (secondary N) is 2. The average Bonchev–Trinajstić information content (AvgIpc) is 2.54. The highest BCUT2D eigenvalue weighted by atomic mass is 127. The van der Waals surface area contributed by atoms with Crippen molar-refractivity contribution in [1.82, 2.24) is 10.6 Å². The fourth-order valence-corrected chi connectivity index (χ4v) is 3.08. The first kappa shape index (κ1) is 20.1. The van der Waals surface area contributed by atoms with Crippen LogP contribution in [0.1, 0.15) is 51.5 Å². The minimum absolute atomic E-state index is 0. The molecular weight excluding hydrogens is 401 g/mol. The van der Waals surface area contributed by atoms with E-state index in [1.165, 1.54) is 32.1 Å². The fourth-order valence-electron chi connectivity index (χ4n) is 3.08. The van der Waals surface area contributed by atoms with Crippen LogP contribution in [0.25, 0.3) is 0 Å². The number of phenolic OH excluding ortho intramolecular Hbond substituents is 1. The van der Waals surface area contributed by atoms with E-state index in [0.717, 1.165) is 24.0 Å². The molecule has 0 saturated heterocycles. The molecule has 2 rings (SSSR count). The first-order valence-corrected chi connectivity index (χ1v) is 8.54. The molecule has 2 atom stereocenters. The van der Waals surface area contributed by atoms with Gasteiger partial charge in [0, 0.05) is 12.6 Å². The van der Waals surface area contributed by atoms with E-state index in [2.05, 4.69) is 29.5 Å². The van der Waals surface area contributed by atoms with Crippen LogP contribution >= 0.6 is 24.0 Å². The molecule has 2 unspecified atom stereocenters. The summed E-state index contributed by atoms with van der Waals surface area (Å²) in [6.07, 6.45) is 6.45. The van der Waals surface area contributed by atoms with E-state index in [1.54, 1.807) is 12.1 Å². The fraction of sp³-hybridized carbons (Fsp3) is 0.611. The molecule has 4 nitrogen and oxygen atoms in total. The van der Waals surface area contributed by atoms with Crippen LogP contribution in [0, 0.1) is 5.92 Å². The van der Waals surface area contributed by atoms with Crippen LogP contribution in [0.5, 0.6) is 5.75 Å². The quantitative estimate of drug-likeness (QED) is 0.375. The van der Waals surface area contributed by atoms with E-state index in [4.69, 9.17) is 0 Å². The summed E-state index contributed by atoms with van der Waals surface area (Å²) in [6, 6.07) is 7.78. The van der Waals surface area contributed by atoms with E-state index in [1.807, 2.05) is 12.1 Å². The predicted molar refractivity (Wildman–Crippen MR) is 108 cm³/mol. The molecular formula is C18H30IN3O. The number of benzene rings is 1. The Bertz CT molecular complexity index is 476. The number of phenols is 1. The maximum atomic E-state index is 9.32. The second-order valence-corrected chi connectivity index (χ2v) is 6.14. The molecule has 23 heavy (non-hydrogen) atoms. The largest absolute Gasteiger partial charge is 0.508 e. The Morgan fingerprint density at radius 1 is 1.22 bits per heavy atom. The van der Waals surface area contributed by atoms with E-state index in [0.29, 0.717) is 18.3 Å². The first-order chi connectivity index (χ1) is 10.7. The van der Waals surface area contributed by atoms with Crippen LogP contribution in [0.15, 0.2) is 29.3 Å². The van der Waals surface area contributed by atoms with Crippen LogP contribution in [-0.2, 0) is 6.54 Å². The maximum absolute atomic E-state index is 9.32. The molecule has 0 aliphatic heterocycles. The standard InChI is InChI=1S/C18H29N3O.HI/c1-3-14-6-5-7-16(12-14)21-18(19-4-2)20-13-15-8-10-17(22)11-9-15;/h8-11,14,16,22H,3-7,12-13H2,1-2H3,(H2,19,20,21);1H. The van der Waals surface area contributed by atoms with Gasteiger partial charge in [-0.2, -0.15) is 0 Å². The first-order valence-electron chi connectivity index (χ1n) is 8.54. The highest BCUT2D eigenvalue weighted by Gasteiger charge is 2.21. The summed E-state index contributed by atoms with van der Waals surface area (Å²) in [5, 5.41) is 16.2.